The van der Waals surface area contributed by atoms with Crippen molar-refractivity contribution in [3.8, 4) is 0 Å². The lowest BCUT2D eigenvalue weighted by Crippen LogP contribution is -2.32. The first-order valence-electron chi connectivity index (χ1n) is 4.63. The largest absolute Gasteiger partial charge is 0.313 e. The SMILES string of the molecule is CSCC(C)NCC1CCSC1. The monoisotopic (exact) mass is 205 g/mol. The molecule has 1 rings (SSSR count). The number of hydrogen-bond donors (Lipinski definition) is 1. The van der Waals surface area contributed by atoms with Gasteiger partial charge in [-0.05, 0) is 43.6 Å². The Labute approximate surface area is 84.4 Å². The highest BCUT2D eigenvalue weighted by molar-refractivity contribution is 7.99. The van der Waals surface area contributed by atoms with Crippen LogP contribution in [-0.4, -0.2) is 36.1 Å². The first-order valence-corrected chi connectivity index (χ1v) is 7.18. The normalized spacial score (nSPS) is 26.0. The van der Waals surface area contributed by atoms with E-state index >= 15 is 0 Å². The summed E-state index contributed by atoms with van der Waals surface area (Å²) in [5.41, 5.74) is 0. The van der Waals surface area contributed by atoms with E-state index in [9.17, 15) is 0 Å². The number of thioether (sulfide) groups is 2. The number of hydrogen-bond acceptors (Lipinski definition) is 3. The Morgan fingerprint density at radius 1 is 1.67 bits per heavy atom. The zero-order valence-corrected chi connectivity index (χ0v) is 9.64. The van der Waals surface area contributed by atoms with Crippen LogP contribution in [0.5, 0.6) is 0 Å². The first-order chi connectivity index (χ1) is 5.83. The van der Waals surface area contributed by atoms with Gasteiger partial charge >= 0.3 is 0 Å². The molecule has 2 atom stereocenters. The second-order valence-electron chi connectivity index (χ2n) is 3.49. The Balaban J connectivity index is 1.99. The van der Waals surface area contributed by atoms with Crippen LogP contribution in [0.2, 0.25) is 0 Å². The van der Waals surface area contributed by atoms with E-state index in [-0.39, 0.29) is 0 Å². The number of rotatable bonds is 5. The molecule has 0 aromatic heterocycles. The van der Waals surface area contributed by atoms with Gasteiger partial charge in [-0.25, -0.2) is 0 Å². The maximum absolute atomic E-state index is 3.59. The summed E-state index contributed by atoms with van der Waals surface area (Å²) >= 11 is 4.03. The van der Waals surface area contributed by atoms with Crippen molar-refractivity contribution in [2.75, 3.05) is 30.1 Å². The first kappa shape index (κ1) is 10.7. The molecule has 0 saturated carbocycles. The maximum Gasteiger partial charge on any atom is 0.0129 e. The van der Waals surface area contributed by atoms with Crippen molar-refractivity contribution >= 4 is 23.5 Å². The topological polar surface area (TPSA) is 12.0 Å². The minimum Gasteiger partial charge on any atom is -0.313 e. The second-order valence-corrected chi connectivity index (χ2v) is 5.55. The highest BCUT2D eigenvalue weighted by Crippen LogP contribution is 2.22. The van der Waals surface area contributed by atoms with Crippen molar-refractivity contribution in [3.05, 3.63) is 0 Å². The smallest absolute Gasteiger partial charge is 0.0129 e. The Morgan fingerprint density at radius 3 is 3.08 bits per heavy atom. The molecule has 72 valence electrons. The quantitative estimate of drug-likeness (QED) is 0.738. The molecule has 0 bridgehead atoms. The molecule has 0 aliphatic carbocycles. The van der Waals surface area contributed by atoms with Gasteiger partial charge in [0.1, 0.15) is 0 Å². The van der Waals surface area contributed by atoms with E-state index in [1.807, 2.05) is 11.8 Å². The van der Waals surface area contributed by atoms with E-state index < -0.39 is 0 Å². The van der Waals surface area contributed by atoms with Gasteiger partial charge in [0.05, 0.1) is 0 Å². The van der Waals surface area contributed by atoms with E-state index in [0.717, 1.165) is 5.92 Å². The van der Waals surface area contributed by atoms with Crippen LogP contribution in [0.3, 0.4) is 0 Å². The Morgan fingerprint density at radius 2 is 2.50 bits per heavy atom. The van der Waals surface area contributed by atoms with Crippen molar-refractivity contribution in [1.82, 2.24) is 5.32 Å². The fraction of sp³-hybridized carbons (Fsp3) is 1.00. The minimum absolute atomic E-state index is 0.686. The van der Waals surface area contributed by atoms with Gasteiger partial charge in [-0.1, -0.05) is 0 Å². The molecule has 1 heterocycles. The van der Waals surface area contributed by atoms with Crippen LogP contribution < -0.4 is 5.32 Å². The summed E-state index contributed by atoms with van der Waals surface area (Å²) in [6.45, 7) is 3.51. The summed E-state index contributed by atoms with van der Waals surface area (Å²) in [6.07, 6.45) is 3.59. The van der Waals surface area contributed by atoms with E-state index in [2.05, 4.69) is 30.3 Å². The molecule has 12 heavy (non-hydrogen) atoms. The zero-order chi connectivity index (χ0) is 8.81. The lowest BCUT2D eigenvalue weighted by molar-refractivity contribution is 0.488. The standard InChI is InChI=1S/C9H19NS2/c1-8(6-11-2)10-5-9-3-4-12-7-9/h8-10H,3-7H2,1-2H3. The third-order valence-electron chi connectivity index (χ3n) is 2.20. The molecule has 1 fully saturated rings. The summed E-state index contributed by atoms with van der Waals surface area (Å²) in [5.74, 6) is 4.93. The Kier molecular flexibility index (Phi) is 5.52. The van der Waals surface area contributed by atoms with Gasteiger partial charge in [0.25, 0.3) is 0 Å². The predicted molar refractivity (Wildman–Crippen MR) is 61.3 cm³/mol. The van der Waals surface area contributed by atoms with Gasteiger partial charge in [-0.3, -0.25) is 0 Å². The Hall–Kier alpha value is 0.660. The maximum atomic E-state index is 3.59. The predicted octanol–water partition coefficient (Wildman–Crippen LogP) is 2.08. The van der Waals surface area contributed by atoms with Gasteiger partial charge in [0, 0.05) is 11.8 Å². The molecular weight excluding hydrogens is 186 g/mol. The molecule has 3 heteroatoms. The summed E-state index contributed by atoms with van der Waals surface area (Å²) in [7, 11) is 0. The van der Waals surface area contributed by atoms with Crippen LogP contribution in [-0.2, 0) is 0 Å². The summed E-state index contributed by atoms with van der Waals surface area (Å²) in [5, 5.41) is 3.59. The summed E-state index contributed by atoms with van der Waals surface area (Å²) in [6, 6.07) is 0.686. The molecule has 0 amide bonds. The van der Waals surface area contributed by atoms with Crippen LogP contribution in [0.25, 0.3) is 0 Å². The molecular formula is C9H19NS2. The van der Waals surface area contributed by atoms with E-state index in [1.54, 1.807) is 0 Å². The van der Waals surface area contributed by atoms with Crippen molar-refractivity contribution in [2.45, 2.75) is 19.4 Å². The molecule has 1 N–H and O–H groups in total. The zero-order valence-electron chi connectivity index (χ0n) is 8.01. The van der Waals surface area contributed by atoms with Crippen LogP contribution in [0.4, 0.5) is 0 Å². The minimum atomic E-state index is 0.686. The van der Waals surface area contributed by atoms with Gasteiger partial charge < -0.3 is 5.32 Å². The van der Waals surface area contributed by atoms with Crippen LogP contribution in [0.15, 0.2) is 0 Å². The molecule has 1 saturated heterocycles. The molecule has 1 aliphatic heterocycles. The molecule has 0 spiro atoms. The third kappa shape index (κ3) is 4.06. The van der Waals surface area contributed by atoms with Crippen LogP contribution in [0, 0.1) is 5.92 Å². The fourth-order valence-electron chi connectivity index (χ4n) is 1.42. The number of nitrogens with one attached hydrogen (secondary N) is 1. The molecule has 1 nitrogen and oxygen atoms in total. The summed E-state index contributed by atoms with van der Waals surface area (Å²) in [4.78, 5) is 0. The van der Waals surface area contributed by atoms with E-state index in [1.165, 1.54) is 30.2 Å². The van der Waals surface area contributed by atoms with Crippen molar-refractivity contribution in [2.24, 2.45) is 5.92 Å². The fourth-order valence-corrected chi connectivity index (χ4v) is 3.32. The second kappa shape index (κ2) is 6.17. The van der Waals surface area contributed by atoms with E-state index in [0.29, 0.717) is 6.04 Å². The van der Waals surface area contributed by atoms with E-state index in [4.69, 9.17) is 0 Å². The molecule has 0 radical (unpaired) electrons. The van der Waals surface area contributed by atoms with Crippen molar-refractivity contribution in [3.63, 3.8) is 0 Å². The van der Waals surface area contributed by atoms with Crippen LogP contribution in [0.1, 0.15) is 13.3 Å². The van der Waals surface area contributed by atoms with Gasteiger partial charge in [-0.15, -0.1) is 0 Å². The van der Waals surface area contributed by atoms with Crippen LogP contribution >= 0.6 is 23.5 Å². The summed E-state index contributed by atoms with van der Waals surface area (Å²) < 4.78 is 0. The average molecular weight is 205 g/mol. The van der Waals surface area contributed by atoms with Gasteiger partial charge in [0.2, 0.25) is 0 Å². The van der Waals surface area contributed by atoms with Gasteiger partial charge in [-0.2, -0.15) is 23.5 Å². The van der Waals surface area contributed by atoms with Crippen molar-refractivity contribution < 1.29 is 0 Å². The lowest BCUT2D eigenvalue weighted by Gasteiger charge is -2.15. The molecule has 1 aliphatic rings. The highest BCUT2D eigenvalue weighted by atomic mass is 32.2. The molecule has 0 aromatic carbocycles. The van der Waals surface area contributed by atoms with Crippen molar-refractivity contribution in [1.29, 1.82) is 0 Å². The average Bonchev–Trinajstić information content (AvgIpc) is 2.53. The third-order valence-corrected chi connectivity index (χ3v) is 4.26. The molecule has 2 unspecified atom stereocenters. The van der Waals surface area contributed by atoms with Gasteiger partial charge in [0.15, 0.2) is 0 Å². The molecule has 0 aromatic rings. The highest BCUT2D eigenvalue weighted by Gasteiger charge is 2.15. The lowest BCUT2D eigenvalue weighted by atomic mass is 10.1. The Bertz CT molecular complexity index is 113.